The topological polar surface area (TPSA) is 42.7 Å². The number of aryl methyl sites for hydroxylation is 4. The van der Waals surface area contributed by atoms with E-state index in [1.165, 1.54) is 10.4 Å². The lowest BCUT2D eigenvalue weighted by Crippen LogP contribution is -2.22. The summed E-state index contributed by atoms with van der Waals surface area (Å²) in [4.78, 5) is 5.82. The first-order chi connectivity index (χ1) is 8.88. The van der Waals surface area contributed by atoms with Crippen molar-refractivity contribution in [2.24, 2.45) is 7.05 Å². The smallest absolute Gasteiger partial charge is 0.0900 e. The SMILES string of the molecule is Cc1nc(C)c(C(C)NC(C)c2cn(C)nc2C)s1. The monoisotopic (exact) mass is 278 g/mol. The molecule has 0 amide bonds. The van der Waals surface area contributed by atoms with E-state index in [2.05, 4.69) is 56.2 Å². The summed E-state index contributed by atoms with van der Waals surface area (Å²) in [6.45, 7) is 10.6. The van der Waals surface area contributed by atoms with Gasteiger partial charge >= 0.3 is 0 Å². The largest absolute Gasteiger partial charge is 0.303 e. The zero-order valence-corrected chi connectivity index (χ0v) is 13.3. The molecule has 0 aliphatic rings. The molecular weight excluding hydrogens is 256 g/mol. The van der Waals surface area contributed by atoms with E-state index in [0.29, 0.717) is 6.04 Å². The van der Waals surface area contributed by atoms with Crippen LogP contribution in [0.2, 0.25) is 0 Å². The van der Waals surface area contributed by atoms with Crippen molar-refractivity contribution in [2.45, 2.75) is 46.7 Å². The second-order valence-electron chi connectivity index (χ2n) is 5.14. The minimum atomic E-state index is 0.283. The van der Waals surface area contributed by atoms with Crippen molar-refractivity contribution >= 4 is 11.3 Å². The third kappa shape index (κ3) is 3.04. The number of aromatic nitrogens is 3. The Labute approximate surface area is 118 Å². The fraction of sp³-hybridized carbons (Fsp3) is 0.571. The second kappa shape index (κ2) is 5.43. The van der Waals surface area contributed by atoms with E-state index in [1.807, 2.05) is 11.7 Å². The Balaban J connectivity index is 2.12. The van der Waals surface area contributed by atoms with Gasteiger partial charge in [-0.2, -0.15) is 5.10 Å². The summed E-state index contributed by atoms with van der Waals surface area (Å²) in [7, 11) is 1.96. The average molecular weight is 278 g/mol. The minimum absolute atomic E-state index is 0.283. The molecule has 5 heteroatoms. The van der Waals surface area contributed by atoms with Gasteiger partial charge in [-0.25, -0.2) is 4.98 Å². The van der Waals surface area contributed by atoms with Gasteiger partial charge in [0.1, 0.15) is 0 Å². The molecule has 2 atom stereocenters. The maximum atomic E-state index is 4.50. The van der Waals surface area contributed by atoms with Crippen LogP contribution in [0.3, 0.4) is 0 Å². The summed E-state index contributed by atoms with van der Waals surface area (Å²) < 4.78 is 1.87. The van der Waals surface area contributed by atoms with Crippen molar-refractivity contribution in [3.05, 3.63) is 33.0 Å². The van der Waals surface area contributed by atoms with Crippen LogP contribution < -0.4 is 5.32 Å². The molecule has 1 N–H and O–H groups in total. The number of hydrogen-bond donors (Lipinski definition) is 1. The number of nitrogens with one attached hydrogen (secondary N) is 1. The third-order valence-electron chi connectivity index (χ3n) is 3.35. The maximum absolute atomic E-state index is 4.50. The van der Waals surface area contributed by atoms with Gasteiger partial charge in [0.05, 0.1) is 16.4 Å². The van der Waals surface area contributed by atoms with E-state index < -0.39 is 0 Å². The van der Waals surface area contributed by atoms with Gasteiger partial charge in [-0.05, 0) is 34.6 Å². The fourth-order valence-corrected chi connectivity index (χ4v) is 3.47. The van der Waals surface area contributed by atoms with Gasteiger partial charge in [0.15, 0.2) is 0 Å². The molecule has 4 nitrogen and oxygen atoms in total. The third-order valence-corrected chi connectivity index (χ3v) is 4.61. The predicted octanol–water partition coefficient (Wildman–Crippen LogP) is 3.21. The van der Waals surface area contributed by atoms with Gasteiger partial charge in [-0.3, -0.25) is 4.68 Å². The lowest BCUT2D eigenvalue weighted by Gasteiger charge is -2.19. The van der Waals surface area contributed by atoms with Crippen molar-refractivity contribution in [3.63, 3.8) is 0 Å². The molecule has 19 heavy (non-hydrogen) atoms. The highest BCUT2D eigenvalue weighted by molar-refractivity contribution is 7.11. The molecular formula is C14H22N4S. The molecule has 0 radical (unpaired) electrons. The van der Waals surface area contributed by atoms with Crippen molar-refractivity contribution in [1.82, 2.24) is 20.1 Å². The van der Waals surface area contributed by atoms with Crippen molar-refractivity contribution in [1.29, 1.82) is 0 Å². The summed E-state index contributed by atoms with van der Waals surface area (Å²) in [5.74, 6) is 0. The summed E-state index contributed by atoms with van der Waals surface area (Å²) in [6.07, 6.45) is 2.09. The Morgan fingerprint density at radius 1 is 1.16 bits per heavy atom. The van der Waals surface area contributed by atoms with E-state index in [4.69, 9.17) is 0 Å². The molecule has 0 spiro atoms. The number of rotatable bonds is 4. The summed E-state index contributed by atoms with van der Waals surface area (Å²) >= 11 is 1.77. The van der Waals surface area contributed by atoms with E-state index >= 15 is 0 Å². The van der Waals surface area contributed by atoms with Gasteiger partial charge in [0.2, 0.25) is 0 Å². The van der Waals surface area contributed by atoms with Crippen LogP contribution in [0.15, 0.2) is 6.20 Å². The van der Waals surface area contributed by atoms with Gasteiger partial charge in [0.25, 0.3) is 0 Å². The highest BCUT2D eigenvalue weighted by atomic mass is 32.1. The molecule has 2 aromatic heterocycles. The molecule has 0 aromatic carbocycles. The summed E-state index contributed by atoms with van der Waals surface area (Å²) in [5, 5.41) is 9.17. The zero-order chi connectivity index (χ0) is 14.2. The first kappa shape index (κ1) is 14.2. The summed E-state index contributed by atoms with van der Waals surface area (Å²) in [5.41, 5.74) is 3.48. The fourth-order valence-electron chi connectivity index (χ4n) is 2.53. The van der Waals surface area contributed by atoms with Crippen LogP contribution in [0, 0.1) is 20.8 Å². The Morgan fingerprint density at radius 2 is 1.84 bits per heavy atom. The summed E-state index contributed by atoms with van der Waals surface area (Å²) in [6, 6.07) is 0.589. The molecule has 2 unspecified atom stereocenters. The Morgan fingerprint density at radius 3 is 2.32 bits per heavy atom. The van der Waals surface area contributed by atoms with Crippen molar-refractivity contribution < 1.29 is 0 Å². The first-order valence-corrected chi connectivity index (χ1v) is 7.40. The van der Waals surface area contributed by atoms with Gasteiger partial charge < -0.3 is 5.32 Å². The highest BCUT2D eigenvalue weighted by Crippen LogP contribution is 2.27. The molecule has 0 saturated carbocycles. The zero-order valence-electron chi connectivity index (χ0n) is 12.5. The lowest BCUT2D eigenvalue weighted by molar-refractivity contribution is 0.496. The maximum Gasteiger partial charge on any atom is 0.0900 e. The molecule has 0 bridgehead atoms. The molecule has 2 aromatic rings. The lowest BCUT2D eigenvalue weighted by atomic mass is 10.1. The molecule has 0 fully saturated rings. The Bertz CT molecular complexity index is 520. The number of hydrogen-bond acceptors (Lipinski definition) is 4. The molecule has 0 aliphatic carbocycles. The quantitative estimate of drug-likeness (QED) is 0.934. The van der Waals surface area contributed by atoms with Crippen LogP contribution in [-0.4, -0.2) is 14.8 Å². The van der Waals surface area contributed by atoms with Gasteiger partial charge in [0, 0.05) is 35.8 Å². The molecule has 2 heterocycles. The van der Waals surface area contributed by atoms with Crippen LogP contribution in [-0.2, 0) is 7.05 Å². The predicted molar refractivity (Wildman–Crippen MR) is 79.5 cm³/mol. The normalized spacial score (nSPS) is 14.6. The molecule has 104 valence electrons. The van der Waals surface area contributed by atoms with Crippen LogP contribution in [0.25, 0.3) is 0 Å². The van der Waals surface area contributed by atoms with E-state index in [9.17, 15) is 0 Å². The molecule has 0 saturated heterocycles. The van der Waals surface area contributed by atoms with Crippen LogP contribution >= 0.6 is 11.3 Å². The van der Waals surface area contributed by atoms with E-state index in [1.54, 1.807) is 11.3 Å². The van der Waals surface area contributed by atoms with Crippen molar-refractivity contribution in [2.75, 3.05) is 0 Å². The standard InChI is InChI=1S/C14H22N4S/c1-8(13-7-18(6)17-9(13)2)15-10(3)14-11(4)16-12(5)19-14/h7-8,10,15H,1-6H3. The minimum Gasteiger partial charge on any atom is -0.303 e. The van der Waals surface area contributed by atoms with Crippen LogP contribution in [0.5, 0.6) is 0 Å². The van der Waals surface area contributed by atoms with E-state index in [-0.39, 0.29) is 6.04 Å². The van der Waals surface area contributed by atoms with Crippen LogP contribution in [0.4, 0.5) is 0 Å². The Kier molecular flexibility index (Phi) is 4.06. The molecule has 2 rings (SSSR count). The average Bonchev–Trinajstić information content (AvgIpc) is 2.81. The van der Waals surface area contributed by atoms with E-state index in [0.717, 1.165) is 16.4 Å². The number of nitrogens with zero attached hydrogens (tertiary/aromatic N) is 3. The second-order valence-corrected chi connectivity index (χ2v) is 6.37. The van der Waals surface area contributed by atoms with Crippen LogP contribution in [0.1, 0.15) is 52.8 Å². The Hall–Kier alpha value is -1.20. The van der Waals surface area contributed by atoms with Gasteiger partial charge in [-0.1, -0.05) is 0 Å². The molecule has 0 aliphatic heterocycles. The number of thiazole rings is 1. The van der Waals surface area contributed by atoms with Gasteiger partial charge in [-0.15, -0.1) is 11.3 Å². The van der Waals surface area contributed by atoms with Crippen molar-refractivity contribution in [3.8, 4) is 0 Å². The highest BCUT2D eigenvalue weighted by Gasteiger charge is 2.18. The first-order valence-electron chi connectivity index (χ1n) is 6.58.